The number of aliphatic hydroxyl groups excluding tert-OH is 1. The van der Waals surface area contributed by atoms with Crippen molar-refractivity contribution >= 4 is 23.0 Å². The zero-order chi connectivity index (χ0) is 10.8. The Bertz CT molecular complexity index is 540. The first-order chi connectivity index (χ1) is 7.24. The van der Waals surface area contributed by atoms with E-state index < -0.39 is 0 Å². The van der Waals surface area contributed by atoms with Gasteiger partial charge in [-0.3, -0.25) is 4.79 Å². The smallest absolute Gasteiger partial charge is 0.233 e. The molecule has 0 unspecified atom stereocenters. The molecule has 1 aromatic heterocycles. The van der Waals surface area contributed by atoms with E-state index in [2.05, 4.69) is 4.98 Å². The summed E-state index contributed by atoms with van der Waals surface area (Å²) in [4.78, 5) is 14.6. The van der Waals surface area contributed by atoms with E-state index in [0.717, 1.165) is 5.56 Å². The number of rotatable bonds is 2. The first-order valence-corrected chi connectivity index (χ1v) is 4.41. The summed E-state index contributed by atoms with van der Waals surface area (Å²) in [6.45, 7) is 1.94. The van der Waals surface area contributed by atoms with Crippen LogP contribution >= 0.6 is 0 Å². The monoisotopic (exact) mass is 203 g/mol. The zero-order valence-corrected chi connectivity index (χ0v) is 8.10. The molecular formula is C11H9NO3. The lowest BCUT2D eigenvalue weighted by Gasteiger charge is -1.87. The van der Waals surface area contributed by atoms with E-state index in [4.69, 9.17) is 9.52 Å². The summed E-state index contributed by atoms with van der Waals surface area (Å²) in [7, 11) is 0. The fraction of sp³-hybridized carbons (Fsp3) is 0.0909. The van der Waals surface area contributed by atoms with Crippen molar-refractivity contribution in [3.8, 4) is 0 Å². The Labute approximate surface area is 85.9 Å². The summed E-state index contributed by atoms with van der Waals surface area (Å²) < 4.78 is 5.30. The zero-order valence-electron chi connectivity index (χ0n) is 8.10. The van der Waals surface area contributed by atoms with Crippen molar-refractivity contribution in [2.45, 2.75) is 6.92 Å². The topological polar surface area (TPSA) is 63.3 Å². The average Bonchev–Trinajstić information content (AvgIpc) is 2.62. The Hall–Kier alpha value is -2.10. The minimum absolute atomic E-state index is 0.0313. The summed E-state index contributed by atoms with van der Waals surface area (Å²) >= 11 is 0. The number of carbonyl (C=O) groups excluding carboxylic acids is 1. The van der Waals surface area contributed by atoms with Crippen molar-refractivity contribution in [1.82, 2.24) is 4.98 Å². The lowest BCUT2D eigenvalue weighted by atomic mass is 10.2. The normalized spacial score (nSPS) is 11.9. The SMILES string of the molecule is Cc1ccc2oc(/C(C=O)=C\O)nc2c1. The third kappa shape index (κ3) is 1.61. The van der Waals surface area contributed by atoms with Gasteiger partial charge in [-0.15, -0.1) is 0 Å². The van der Waals surface area contributed by atoms with Gasteiger partial charge in [0.05, 0.1) is 6.26 Å². The number of nitrogens with zero attached hydrogens (tertiary/aromatic N) is 1. The minimum atomic E-state index is 0.0313. The molecule has 0 saturated carbocycles. The third-order valence-electron chi connectivity index (χ3n) is 2.06. The maximum absolute atomic E-state index is 10.6. The Morgan fingerprint density at radius 1 is 1.53 bits per heavy atom. The van der Waals surface area contributed by atoms with Crippen LogP contribution in [0.2, 0.25) is 0 Å². The summed E-state index contributed by atoms with van der Waals surface area (Å²) in [5, 5.41) is 8.77. The maximum Gasteiger partial charge on any atom is 0.233 e. The number of oxazole rings is 1. The molecule has 0 saturated heterocycles. The Morgan fingerprint density at radius 2 is 2.33 bits per heavy atom. The summed E-state index contributed by atoms with van der Waals surface area (Å²) in [6.07, 6.45) is 1.18. The Morgan fingerprint density at radius 3 is 3.00 bits per heavy atom. The molecule has 0 aliphatic rings. The lowest BCUT2D eigenvalue weighted by molar-refractivity contribution is -0.103. The molecule has 0 radical (unpaired) electrons. The molecule has 0 bridgehead atoms. The van der Waals surface area contributed by atoms with Crippen LogP contribution in [0.25, 0.3) is 16.7 Å². The molecule has 2 rings (SSSR count). The van der Waals surface area contributed by atoms with Crippen LogP contribution < -0.4 is 0 Å². The summed E-state index contributed by atoms with van der Waals surface area (Å²) in [6, 6.07) is 5.52. The van der Waals surface area contributed by atoms with Gasteiger partial charge >= 0.3 is 0 Å². The van der Waals surface area contributed by atoms with Crippen LogP contribution in [0.15, 0.2) is 28.9 Å². The first-order valence-electron chi connectivity index (χ1n) is 4.41. The van der Waals surface area contributed by atoms with Gasteiger partial charge < -0.3 is 9.52 Å². The summed E-state index contributed by atoms with van der Waals surface area (Å²) in [5.74, 6) is 0.133. The minimum Gasteiger partial charge on any atom is -0.515 e. The summed E-state index contributed by atoms with van der Waals surface area (Å²) in [5.41, 5.74) is 2.36. The number of hydrogen-bond acceptors (Lipinski definition) is 4. The molecule has 1 heterocycles. The number of aryl methyl sites for hydroxylation is 1. The molecule has 0 fully saturated rings. The largest absolute Gasteiger partial charge is 0.515 e. The van der Waals surface area contributed by atoms with Crippen LogP contribution in [0, 0.1) is 6.92 Å². The molecule has 0 aliphatic carbocycles. The number of aliphatic hydroxyl groups is 1. The van der Waals surface area contributed by atoms with Crippen molar-refractivity contribution in [1.29, 1.82) is 0 Å². The molecule has 4 heteroatoms. The number of aldehydes is 1. The van der Waals surface area contributed by atoms with Gasteiger partial charge in [0.15, 0.2) is 11.9 Å². The molecule has 2 aromatic rings. The lowest BCUT2D eigenvalue weighted by Crippen LogP contribution is -1.84. The van der Waals surface area contributed by atoms with Crippen molar-refractivity contribution in [3.63, 3.8) is 0 Å². The number of hydrogen-bond donors (Lipinski definition) is 1. The molecule has 4 nitrogen and oxygen atoms in total. The van der Waals surface area contributed by atoms with E-state index in [-0.39, 0.29) is 11.5 Å². The highest BCUT2D eigenvalue weighted by molar-refractivity contribution is 6.04. The number of allylic oxidation sites excluding steroid dienone is 1. The van der Waals surface area contributed by atoms with E-state index in [1.807, 2.05) is 19.1 Å². The standard InChI is InChI=1S/C11H9NO3/c1-7-2-3-10-9(4-7)12-11(15-10)8(5-13)6-14/h2-6,13H,1H3/b8-5-. The van der Waals surface area contributed by atoms with Gasteiger partial charge in [0.25, 0.3) is 0 Å². The quantitative estimate of drug-likeness (QED) is 0.462. The predicted molar refractivity (Wildman–Crippen MR) is 55.4 cm³/mol. The average molecular weight is 203 g/mol. The molecule has 1 aromatic carbocycles. The molecule has 0 aliphatic heterocycles. The van der Waals surface area contributed by atoms with Crippen molar-refractivity contribution in [2.24, 2.45) is 0 Å². The van der Waals surface area contributed by atoms with Crippen LogP contribution in [0.5, 0.6) is 0 Å². The number of aromatic nitrogens is 1. The van der Waals surface area contributed by atoms with Crippen molar-refractivity contribution in [2.75, 3.05) is 0 Å². The highest BCUT2D eigenvalue weighted by Crippen LogP contribution is 2.20. The fourth-order valence-electron chi connectivity index (χ4n) is 1.30. The predicted octanol–water partition coefficient (Wildman–Crippen LogP) is 2.23. The van der Waals surface area contributed by atoms with Gasteiger partial charge in [-0.2, -0.15) is 0 Å². The van der Waals surface area contributed by atoms with E-state index in [1.54, 1.807) is 6.07 Å². The van der Waals surface area contributed by atoms with Crippen LogP contribution in [0.3, 0.4) is 0 Å². The second kappa shape index (κ2) is 3.57. The second-order valence-corrected chi connectivity index (χ2v) is 3.19. The number of fused-ring (bicyclic) bond motifs is 1. The van der Waals surface area contributed by atoms with Gasteiger partial charge in [-0.25, -0.2) is 4.98 Å². The molecule has 1 N–H and O–H groups in total. The molecule has 0 atom stereocenters. The van der Waals surface area contributed by atoms with E-state index >= 15 is 0 Å². The highest BCUT2D eigenvalue weighted by atomic mass is 16.3. The first kappa shape index (κ1) is 9.45. The van der Waals surface area contributed by atoms with Crippen LogP contribution in [-0.4, -0.2) is 16.4 Å². The van der Waals surface area contributed by atoms with Gasteiger partial charge in [-0.1, -0.05) is 6.07 Å². The van der Waals surface area contributed by atoms with E-state index in [1.165, 1.54) is 0 Å². The Balaban J connectivity index is 2.61. The third-order valence-corrected chi connectivity index (χ3v) is 2.06. The van der Waals surface area contributed by atoms with Gasteiger partial charge in [0.2, 0.25) is 5.89 Å². The van der Waals surface area contributed by atoms with Crippen molar-refractivity contribution < 1.29 is 14.3 Å². The van der Waals surface area contributed by atoms with Gasteiger partial charge in [-0.05, 0) is 24.6 Å². The maximum atomic E-state index is 10.6. The molecule has 15 heavy (non-hydrogen) atoms. The fourth-order valence-corrected chi connectivity index (χ4v) is 1.30. The van der Waals surface area contributed by atoms with Crippen LogP contribution in [-0.2, 0) is 4.79 Å². The van der Waals surface area contributed by atoms with E-state index in [0.29, 0.717) is 23.6 Å². The van der Waals surface area contributed by atoms with Crippen LogP contribution in [0.1, 0.15) is 11.5 Å². The molecule has 0 amide bonds. The van der Waals surface area contributed by atoms with Crippen LogP contribution in [0.4, 0.5) is 0 Å². The molecular weight excluding hydrogens is 194 g/mol. The van der Waals surface area contributed by atoms with E-state index in [9.17, 15) is 4.79 Å². The Kier molecular flexibility index (Phi) is 2.25. The number of carbonyl (C=O) groups is 1. The van der Waals surface area contributed by atoms with Gasteiger partial charge in [0, 0.05) is 0 Å². The van der Waals surface area contributed by atoms with Crippen molar-refractivity contribution in [3.05, 3.63) is 35.9 Å². The molecule has 76 valence electrons. The second-order valence-electron chi connectivity index (χ2n) is 3.19. The molecule has 0 spiro atoms. The highest BCUT2D eigenvalue weighted by Gasteiger charge is 2.09. The van der Waals surface area contributed by atoms with Gasteiger partial charge in [0.1, 0.15) is 11.1 Å². The number of benzene rings is 1.